The van der Waals surface area contributed by atoms with Crippen LogP contribution in [0, 0.1) is 0 Å². The standard InChI is InChI=1S/C18H13BrCl2N2O2/c1-25-18(24)16-10-14(8-11-2-4-12(19)5-3-11)23(22-16)17-7-6-13(20)9-15(17)21/h2-7,9-10H,8H2,1H3. The van der Waals surface area contributed by atoms with E-state index in [0.717, 1.165) is 15.7 Å². The second-order valence-electron chi connectivity index (χ2n) is 5.32. The van der Waals surface area contributed by atoms with Crippen LogP contribution in [0.3, 0.4) is 0 Å². The maximum absolute atomic E-state index is 11.9. The molecule has 0 N–H and O–H groups in total. The molecule has 25 heavy (non-hydrogen) atoms. The lowest BCUT2D eigenvalue weighted by Gasteiger charge is -2.10. The Kier molecular flexibility index (Phi) is 5.47. The first kappa shape index (κ1) is 18.0. The van der Waals surface area contributed by atoms with Gasteiger partial charge in [0.15, 0.2) is 5.69 Å². The van der Waals surface area contributed by atoms with Gasteiger partial charge in [-0.3, -0.25) is 0 Å². The minimum Gasteiger partial charge on any atom is -0.464 e. The number of hydrogen-bond donors (Lipinski definition) is 0. The summed E-state index contributed by atoms with van der Waals surface area (Å²) < 4.78 is 7.43. The van der Waals surface area contributed by atoms with Crippen molar-refractivity contribution in [2.75, 3.05) is 7.11 Å². The molecule has 0 radical (unpaired) electrons. The molecule has 0 aliphatic rings. The van der Waals surface area contributed by atoms with E-state index < -0.39 is 5.97 Å². The van der Waals surface area contributed by atoms with Crippen molar-refractivity contribution < 1.29 is 9.53 Å². The molecule has 3 rings (SSSR count). The van der Waals surface area contributed by atoms with Crippen LogP contribution in [-0.2, 0) is 11.2 Å². The number of nitrogens with zero attached hydrogens (tertiary/aromatic N) is 2. The highest BCUT2D eigenvalue weighted by atomic mass is 79.9. The van der Waals surface area contributed by atoms with E-state index in [1.807, 2.05) is 24.3 Å². The van der Waals surface area contributed by atoms with E-state index in [-0.39, 0.29) is 5.69 Å². The average Bonchev–Trinajstić information content (AvgIpc) is 3.00. The minimum absolute atomic E-state index is 0.223. The highest BCUT2D eigenvalue weighted by molar-refractivity contribution is 9.10. The number of hydrogen-bond acceptors (Lipinski definition) is 3. The van der Waals surface area contributed by atoms with Crippen molar-refractivity contribution in [2.24, 2.45) is 0 Å². The molecule has 0 spiro atoms. The topological polar surface area (TPSA) is 44.1 Å². The van der Waals surface area contributed by atoms with E-state index in [2.05, 4.69) is 21.0 Å². The first-order chi connectivity index (χ1) is 12.0. The summed E-state index contributed by atoms with van der Waals surface area (Å²) in [6.07, 6.45) is 0.580. The monoisotopic (exact) mass is 438 g/mol. The first-order valence-corrected chi connectivity index (χ1v) is 8.90. The summed E-state index contributed by atoms with van der Waals surface area (Å²) in [5.74, 6) is -0.499. The zero-order chi connectivity index (χ0) is 18.0. The zero-order valence-electron chi connectivity index (χ0n) is 13.2. The number of rotatable bonds is 4. The van der Waals surface area contributed by atoms with Gasteiger partial charge in [0, 0.05) is 21.6 Å². The van der Waals surface area contributed by atoms with E-state index >= 15 is 0 Å². The van der Waals surface area contributed by atoms with Gasteiger partial charge in [-0.05, 0) is 42.0 Å². The molecule has 0 saturated carbocycles. The lowest BCUT2D eigenvalue weighted by atomic mass is 10.1. The van der Waals surface area contributed by atoms with Crippen LogP contribution >= 0.6 is 39.1 Å². The number of benzene rings is 2. The van der Waals surface area contributed by atoms with Crippen LogP contribution in [0.25, 0.3) is 5.69 Å². The normalized spacial score (nSPS) is 10.7. The Hall–Kier alpha value is -1.82. The third kappa shape index (κ3) is 4.06. The van der Waals surface area contributed by atoms with Gasteiger partial charge in [0.05, 0.1) is 17.8 Å². The maximum Gasteiger partial charge on any atom is 0.358 e. The van der Waals surface area contributed by atoms with E-state index in [1.165, 1.54) is 7.11 Å². The summed E-state index contributed by atoms with van der Waals surface area (Å²) in [5.41, 5.74) is 2.76. The van der Waals surface area contributed by atoms with E-state index in [4.69, 9.17) is 27.9 Å². The number of carbonyl (C=O) groups excluding carboxylic acids is 1. The maximum atomic E-state index is 11.9. The van der Waals surface area contributed by atoms with Crippen LogP contribution in [0.15, 0.2) is 53.0 Å². The van der Waals surface area contributed by atoms with E-state index in [0.29, 0.717) is 22.2 Å². The molecule has 0 aliphatic heterocycles. The number of esters is 1. The number of halogens is 3. The molecule has 0 amide bonds. The van der Waals surface area contributed by atoms with Gasteiger partial charge < -0.3 is 4.74 Å². The highest BCUT2D eigenvalue weighted by Crippen LogP contribution is 2.26. The van der Waals surface area contributed by atoms with Crippen molar-refractivity contribution >= 4 is 45.1 Å². The molecule has 1 heterocycles. The minimum atomic E-state index is -0.499. The molecule has 0 bridgehead atoms. The third-order valence-corrected chi connectivity index (χ3v) is 4.68. The molecule has 0 atom stereocenters. The van der Waals surface area contributed by atoms with Crippen molar-refractivity contribution in [3.63, 3.8) is 0 Å². The Bertz CT molecular complexity index is 923. The van der Waals surface area contributed by atoms with Crippen molar-refractivity contribution in [1.29, 1.82) is 0 Å². The largest absolute Gasteiger partial charge is 0.464 e. The smallest absolute Gasteiger partial charge is 0.358 e. The van der Waals surface area contributed by atoms with Gasteiger partial charge >= 0.3 is 5.97 Å². The van der Waals surface area contributed by atoms with Crippen molar-refractivity contribution in [3.05, 3.63) is 80.0 Å². The predicted octanol–water partition coefficient (Wildman–Crippen LogP) is 5.32. The van der Waals surface area contributed by atoms with Gasteiger partial charge in [0.25, 0.3) is 0 Å². The van der Waals surface area contributed by atoms with E-state index in [9.17, 15) is 4.79 Å². The molecule has 3 aromatic rings. The van der Waals surface area contributed by atoms with Crippen molar-refractivity contribution in [3.8, 4) is 5.69 Å². The Morgan fingerprint density at radius 3 is 2.52 bits per heavy atom. The SMILES string of the molecule is COC(=O)c1cc(Cc2ccc(Br)cc2)n(-c2ccc(Cl)cc2Cl)n1. The van der Waals surface area contributed by atoms with Crippen LogP contribution in [-0.4, -0.2) is 22.9 Å². The Morgan fingerprint density at radius 1 is 1.16 bits per heavy atom. The van der Waals surface area contributed by atoms with Gasteiger partial charge in [-0.15, -0.1) is 0 Å². The van der Waals surface area contributed by atoms with Crippen molar-refractivity contribution in [1.82, 2.24) is 9.78 Å². The molecular formula is C18H13BrCl2N2O2. The lowest BCUT2D eigenvalue weighted by Crippen LogP contribution is -2.06. The molecule has 0 aliphatic carbocycles. The molecule has 4 nitrogen and oxygen atoms in total. The van der Waals surface area contributed by atoms with Crippen molar-refractivity contribution in [2.45, 2.75) is 6.42 Å². The summed E-state index contributed by atoms with van der Waals surface area (Å²) in [4.78, 5) is 11.9. The van der Waals surface area contributed by atoms with Crippen LogP contribution in [0.1, 0.15) is 21.7 Å². The van der Waals surface area contributed by atoms with Crippen LogP contribution in [0.2, 0.25) is 10.0 Å². The van der Waals surface area contributed by atoms with E-state index in [1.54, 1.807) is 28.9 Å². The summed E-state index contributed by atoms with van der Waals surface area (Å²) in [5, 5.41) is 5.34. The molecule has 128 valence electrons. The molecule has 7 heteroatoms. The Morgan fingerprint density at radius 2 is 1.88 bits per heavy atom. The van der Waals surface area contributed by atoms with Gasteiger partial charge in [-0.25, -0.2) is 9.48 Å². The first-order valence-electron chi connectivity index (χ1n) is 7.35. The second-order valence-corrected chi connectivity index (χ2v) is 7.08. The molecule has 0 saturated heterocycles. The second kappa shape index (κ2) is 7.60. The predicted molar refractivity (Wildman–Crippen MR) is 102 cm³/mol. The molecular weight excluding hydrogens is 427 g/mol. The number of ether oxygens (including phenoxy) is 1. The fourth-order valence-corrected chi connectivity index (χ4v) is 3.18. The van der Waals surface area contributed by atoms with Crippen LogP contribution < -0.4 is 0 Å². The van der Waals surface area contributed by atoms with Gasteiger partial charge in [0.1, 0.15) is 0 Å². The average molecular weight is 440 g/mol. The van der Waals surface area contributed by atoms with Gasteiger partial charge in [-0.2, -0.15) is 5.10 Å². The molecule has 0 unspecified atom stereocenters. The van der Waals surface area contributed by atoms with Crippen LogP contribution in [0.4, 0.5) is 0 Å². The molecule has 1 aromatic heterocycles. The number of aromatic nitrogens is 2. The highest BCUT2D eigenvalue weighted by Gasteiger charge is 2.17. The Balaban J connectivity index is 2.07. The van der Waals surface area contributed by atoms with Gasteiger partial charge in [0.2, 0.25) is 0 Å². The summed E-state index contributed by atoms with van der Waals surface area (Å²) in [6, 6.07) is 14.8. The molecule has 0 fully saturated rings. The van der Waals surface area contributed by atoms with Crippen LogP contribution in [0.5, 0.6) is 0 Å². The lowest BCUT2D eigenvalue weighted by molar-refractivity contribution is 0.0593. The quantitative estimate of drug-likeness (QED) is 0.516. The summed E-state index contributed by atoms with van der Waals surface area (Å²) >= 11 is 15.7. The zero-order valence-corrected chi connectivity index (χ0v) is 16.3. The fraction of sp³-hybridized carbons (Fsp3) is 0.111. The molecule has 2 aromatic carbocycles. The Labute approximate surface area is 163 Å². The van der Waals surface area contributed by atoms with Gasteiger partial charge in [-0.1, -0.05) is 51.3 Å². The fourth-order valence-electron chi connectivity index (χ4n) is 2.42. The third-order valence-electron chi connectivity index (χ3n) is 3.61. The number of methoxy groups -OCH3 is 1. The number of carbonyl (C=O) groups is 1. The summed E-state index contributed by atoms with van der Waals surface area (Å²) in [6.45, 7) is 0. The summed E-state index contributed by atoms with van der Waals surface area (Å²) in [7, 11) is 1.32.